The molecule has 8 aromatic rings. The van der Waals surface area contributed by atoms with Crippen LogP contribution in [0.3, 0.4) is 0 Å². The van der Waals surface area contributed by atoms with E-state index in [-0.39, 0.29) is 6.71 Å². The van der Waals surface area contributed by atoms with Crippen LogP contribution >= 0.6 is 0 Å². The molecule has 8 aromatic carbocycles. The molecule has 0 atom stereocenters. The van der Waals surface area contributed by atoms with Gasteiger partial charge in [-0.05, 0) is 5.92 Å². The summed E-state index contributed by atoms with van der Waals surface area (Å²) < 4.78 is 5.79. The second kappa shape index (κ2) is 15.8. The van der Waals surface area contributed by atoms with Crippen LogP contribution in [0.5, 0.6) is 0 Å². The van der Waals surface area contributed by atoms with Crippen molar-refractivity contribution >= 4 is 88.1 Å². The summed E-state index contributed by atoms with van der Waals surface area (Å²) in [7, 11) is 0. The van der Waals surface area contributed by atoms with Crippen molar-refractivity contribution in [2.75, 3.05) is 9.80 Å². The van der Waals surface area contributed by atoms with E-state index in [4.69, 9.17) is 0 Å². The van der Waals surface area contributed by atoms with Gasteiger partial charge in [-0.2, -0.15) is 0 Å². The molecular weight excluding hydrogens is 796 g/mol. The number of anilines is 6. The molecule has 10 rings (SSSR count). The van der Waals surface area contributed by atoms with Gasteiger partial charge in [0, 0.05) is 0 Å². The predicted molar refractivity (Wildman–Crippen MR) is 266 cm³/mol. The number of benzene rings is 8. The van der Waals surface area contributed by atoms with E-state index in [2.05, 4.69) is 245 Å². The van der Waals surface area contributed by atoms with E-state index in [1.807, 2.05) is 0 Å². The van der Waals surface area contributed by atoms with Gasteiger partial charge in [0.05, 0.1) is 0 Å². The Hall–Kier alpha value is -6.03. The van der Waals surface area contributed by atoms with Crippen molar-refractivity contribution in [3.8, 4) is 0 Å². The van der Waals surface area contributed by atoms with Crippen molar-refractivity contribution in [1.82, 2.24) is 0 Å². The Balaban J connectivity index is 1.26. The molecular formula is C57H53BGeN2. The van der Waals surface area contributed by atoms with Crippen molar-refractivity contribution in [3.63, 3.8) is 0 Å². The van der Waals surface area contributed by atoms with E-state index >= 15 is 0 Å². The van der Waals surface area contributed by atoms with Gasteiger partial charge in [0.15, 0.2) is 0 Å². The van der Waals surface area contributed by atoms with Crippen LogP contribution in [0.2, 0.25) is 0 Å². The second-order valence-electron chi connectivity index (χ2n) is 17.8. The first-order valence-corrected chi connectivity index (χ1v) is 26.3. The zero-order chi connectivity index (χ0) is 41.8. The predicted octanol–water partition coefficient (Wildman–Crippen LogP) is 10.5. The van der Waals surface area contributed by atoms with Gasteiger partial charge in [-0.1, -0.05) is 13.8 Å². The molecule has 0 fully saturated rings. The first-order valence-electron chi connectivity index (χ1n) is 22.1. The Morgan fingerprint density at radius 1 is 0.377 bits per heavy atom. The fraction of sp³-hybridized carbons (Fsp3) is 0.158. The monoisotopic (exact) mass is 850 g/mol. The fourth-order valence-corrected chi connectivity index (χ4v) is 21.2. The van der Waals surface area contributed by atoms with Gasteiger partial charge >= 0.3 is 348 Å². The molecule has 0 radical (unpaired) electrons. The molecule has 298 valence electrons. The van der Waals surface area contributed by atoms with Gasteiger partial charge in [-0.25, -0.2) is 0 Å². The first-order chi connectivity index (χ1) is 29.8. The van der Waals surface area contributed by atoms with Gasteiger partial charge in [-0.15, -0.1) is 0 Å². The average molecular weight is 849 g/mol. The molecule has 2 aliphatic heterocycles. The molecule has 61 heavy (non-hydrogen) atoms. The van der Waals surface area contributed by atoms with E-state index in [1.165, 1.54) is 73.4 Å². The minimum atomic E-state index is -3.53. The fourth-order valence-electron chi connectivity index (χ4n) is 10.5. The summed E-state index contributed by atoms with van der Waals surface area (Å²) in [6.45, 7) is 14.2. The molecule has 0 unspecified atom stereocenters. The van der Waals surface area contributed by atoms with Crippen molar-refractivity contribution in [1.29, 1.82) is 0 Å². The third kappa shape index (κ3) is 6.31. The summed E-state index contributed by atoms with van der Waals surface area (Å²) in [4.78, 5) is 5.09. The number of para-hydroxylation sites is 4. The quantitative estimate of drug-likeness (QED) is 0.141. The normalized spacial score (nSPS) is 13.9. The number of rotatable bonds is 8. The summed E-state index contributed by atoms with van der Waals surface area (Å²) in [5, 5.41) is 0. The Morgan fingerprint density at radius 3 is 1.34 bits per heavy atom. The van der Waals surface area contributed by atoms with E-state index in [0.29, 0.717) is 17.8 Å². The van der Waals surface area contributed by atoms with Crippen molar-refractivity contribution in [2.45, 2.75) is 59.3 Å². The number of hydrogen-bond donors (Lipinski definition) is 0. The molecule has 0 saturated carbocycles. The zero-order valence-corrected chi connectivity index (χ0v) is 38.3. The third-order valence-corrected chi connectivity index (χ3v) is 23.5. The second-order valence-corrected chi connectivity index (χ2v) is 25.7. The maximum absolute atomic E-state index is 3.53. The van der Waals surface area contributed by atoms with Crippen LogP contribution in [0.1, 0.15) is 76.0 Å². The van der Waals surface area contributed by atoms with E-state index < -0.39 is 13.3 Å². The molecule has 4 heteroatoms. The summed E-state index contributed by atoms with van der Waals surface area (Å²) in [5.41, 5.74) is 15.8. The van der Waals surface area contributed by atoms with Crippen LogP contribution in [-0.4, -0.2) is 20.0 Å². The van der Waals surface area contributed by atoms with Crippen molar-refractivity contribution in [3.05, 3.63) is 211 Å². The van der Waals surface area contributed by atoms with Crippen LogP contribution in [0.15, 0.2) is 194 Å². The topological polar surface area (TPSA) is 6.48 Å². The van der Waals surface area contributed by atoms with Gasteiger partial charge in [0.25, 0.3) is 0 Å². The molecule has 0 amide bonds. The Kier molecular flexibility index (Phi) is 10.1. The molecule has 0 aliphatic carbocycles. The zero-order valence-electron chi connectivity index (χ0n) is 36.2. The first kappa shape index (κ1) is 39.1. The Bertz CT molecular complexity index is 2750. The summed E-state index contributed by atoms with van der Waals surface area (Å²) >= 11 is -3.53. The molecule has 2 nitrogen and oxygen atoms in total. The van der Waals surface area contributed by atoms with Crippen LogP contribution in [-0.2, 0) is 0 Å². The molecule has 0 bridgehead atoms. The van der Waals surface area contributed by atoms with E-state index in [0.717, 1.165) is 11.4 Å². The summed E-state index contributed by atoms with van der Waals surface area (Å²) in [6.07, 6.45) is 0. The number of nitrogens with zero attached hydrogens (tertiary/aromatic N) is 2. The average Bonchev–Trinajstić information content (AvgIpc) is 3.30. The maximum atomic E-state index is 2.57. The molecule has 0 aromatic heterocycles. The van der Waals surface area contributed by atoms with E-state index in [1.54, 1.807) is 0 Å². The van der Waals surface area contributed by atoms with Crippen molar-refractivity contribution in [2.24, 2.45) is 0 Å². The molecule has 2 aliphatic rings. The molecule has 2 heterocycles. The summed E-state index contributed by atoms with van der Waals surface area (Å²) in [5.74, 6) is 1.19. The Morgan fingerprint density at radius 2 is 0.820 bits per heavy atom. The van der Waals surface area contributed by atoms with Gasteiger partial charge in [-0.3, -0.25) is 0 Å². The molecule has 0 spiro atoms. The number of hydrogen-bond acceptors (Lipinski definition) is 2. The standard InChI is InChI=1S/C57H53BGeN2/c1-39(2)42-36-47(40(3)4)57(48(37-42)41(5)6)58-49-28-16-19-31-53(49)60(45-26-14-9-15-27-45)56-38-46(34-35-50(56)58)61-54-32-20-17-29-51(54)59(43-22-10-7-11-23-43,44-24-12-8-13-25-44)52-30-18-21-33-55(52)61/h7-41H,1-6H3. The van der Waals surface area contributed by atoms with Crippen LogP contribution in [0.4, 0.5) is 34.1 Å². The summed E-state index contributed by atoms with van der Waals surface area (Å²) in [6, 6.07) is 73.9. The van der Waals surface area contributed by atoms with E-state index in [9.17, 15) is 0 Å². The van der Waals surface area contributed by atoms with Crippen LogP contribution in [0.25, 0.3) is 0 Å². The Labute approximate surface area is 366 Å². The minimum absolute atomic E-state index is 0.0657. The SMILES string of the molecule is CC(C)c1cc(C(C)C)c(B2c3ccccc3N(c3ccccc3)c3cc(N4c5cccc[c]5[Ge]([c]5ccccc5)([c]5ccccc5)[c]5ccccc54)ccc32)c(C(C)C)c1. The van der Waals surface area contributed by atoms with Crippen LogP contribution in [0, 0.1) is 0 Å². The number of fused-ring (bicyclic) bond motifs is 4. The third-order valence-electron chi connectivity index (χ3n) is 13.3. The van der Waals surface area contributed by atoms with Gasteiger partial charge in [0.2, 0.25) is 0 Å². The molecule has 0 saturated heterocycles. The van der Waals surface area contributed by atoms with Gasteiger partial charge in [0.1, 0.15) is 0 Å². The van der Waals surface area contributed by atoms with Gasteiger partial charge < -0.3 is 0 Å². The van der Waals surface area contributed by atoms with Crippen LogP contribution < -0.4 is 43.8 Å². The van der Waals surface area contributed by atoms with Crippen molar-refractivity contribution < 1.29 is 0 Å². The molecule has 0 N–H and O–H groups in total.